The highest BCUT2D eigenvalue weighted by Gasteiger charge is 2.08. The van der Waals surface area contributed by atoms with Gasteiger partial charge in [-0.1, -0.05) is 0 Å². The number of hydrogen-bond donors (Lipinski definition) is 0. The van der Waals surface area contributed by atoms with Gasteiger partial charge in [-0.3, -0.25) is 0 Å². The average Bonchev–Trinajstić information content (AvgIpc) is 2.58. The molecule has 0 saturated carbocycles. The lowest BCUT2D eigenvalue weighted by Gasteiger charge is -2.02. The van der Waals surface area contributed by atoms with E-state index in [0.717, 1.165) is 0 Å². The molecule has 0 aliphatic carbocycles. The summed E-state index contributed by atoms with van der Waals surface area (Å²) in [5.74, 6) is 0.535. The highest BCUT2D eigenvalue weighted by atomic mass is 35.5. The molecule has 0 amide bonds. The summed E-state index contributed by atoms with van der Waals surface area (Å²) in [5.41, 5.74) is 0.941. The third kappa shape index (κ3) is 2.18. The van der Waals surface area contributed by atoms with Crippen molar-refractivity contribution in [1.29, 1.82) is 0 Å². The SMILES string of the molecule is FC(F)Oc1ccc2oc(CCl)nc2c1. The van der Waals surface area contributed by atoms with Crippen LogP contribution in [0.2, 0.25) is 0 Å². The zero-order chi connectivity index (χ0) is 10.8. The van der Waals surface area contributed by atoms with Crippen LogP contribution in [0, 0.1) is 0 Å². The first-order chi connectivity index (χ1) is 7.19. The van der Waals surface area contributed by atoms with E-state index >= 15 is 0 Å². The summed E-state index contributed by atoms with van der Waals surface area (Å²) in [5, 5.41) is 0. The maximum atomic E-state index is 11.9. The Kier molecular flexibility index (Phi) is 2.73. The number of aromatic nitrogens is 1. The molecule has 2 aromatic rings. The van der Waals surface area contributed by atoms with Crippen molar-refractivity contribution >= 4 is 22.7 Å². The van der Waals surface area contributed by atoms with E-state index in [-0.39, 0.29) is 11.6 Å². The summed E-state index contributed by atoms with van der Waals surface area (Å²) in [4.78, 5) is 3.98. The highest BCUT2D eigenvalue weighted by Crippen LogP contribution is 2.23. The van der Waals surface area contributed by atoms with Crippen molar-refractivity contribution in [1.82, 2.24) is 4.98 Å². The molecule has 0 unspecified atom stereocenters. The van der Waals surface area contributed by atoms with Gasteiger partial charge in [-0.25, -0.2) is 4.98 Å². The zero-order valence-electron chi connectivity index (χ0n) is 7.41. The van der Waals surface area contributed by atoms with Gasteiger partial charge in [-0.2, -0.15) is 8.78 Å². The maximum Gasteiger partial charge on any atom is 0.387 e. The number of benzene rings is 1. The molecule has 15 heavy (non-hydrogen) atoms. The number of fused-ring (bicyclic) bond motifs is 1. The number of halogens is 3. The minimum atomic E-state index is -2.85. The van der Waals surface area contributed by atoms with Crippen LogP contribution in [0.5, 0.6) is 5.75 Å². The molecule has 80 valence electrons. The standard InChI is InChI=1S/C9H6ClF2NO2/c10-4-8-13-6-3-5(14-9(11)12)1-2-7(6)15-8/h1-3,9H,4H2. The van der Waals surface area contributed by atoms with Crippen molar-refractivity contribution in [2.45, 2.75) is 12.5 Å². The van der Waals surface area contributed by atoms with Crippen LogP contribution in [0.25, 0.3) is 11.1 Å². The van der Waals surface area contributed by atoms with Gasteiger partial charge in [-0.15, -0.1) is 11.6 Å². The second-order valence-corrected chi connectivity index (χ2v) is 3.02. The number of ether oxygens (including phenoxy) is 1. The van der Waals surface area contributed by atoms with Gasteiger partial charge in [0.15, 0.2) is 5.58 Å². The lowest BCUT2D eigenvalue weighted by Crippen LogP contribution is -2.01. The van der Waals surface area contributed by atoms with Crippen molar-refractivity contribution in [2.75, 3.05) is 0 Å². The van der Waals surface area contributed by atoms with Crippen LogP contribution in [0.15, 0.2) is 22.6 Å². The lowest BCUT2D eigenvalue weighted by atomic mass is 10.3. The molecule has 0 saturated heterocycles. The van der Waals surface area contributed by atoms with Gasteiger partial charge in [0.05, 0.1) is 5.88 Å². The second-order valence-electron chi connectivity index (χ2n) is 2.75. The first kappa shape index (κ1) is 10.2. The number of rotatable bonds is 3. The van der Waals surface area contributed by atoms with Crippen molar-refractivity contribution in [3.63, 3.8) is 0 Å². The smallest absolute Gasteiger partial charge is 0.387 e. The molecule has 2 rings (SSSR count). The topological polar surface area (TPSA) is 35.3 Å². The van der Waals surface area contributed by atoms with Gasteiger partial charge in [0.1, 0.15) is 11.3 Å². The van der Waals surface area contributed by atoms with E-state index in [0.29, 0.717) is 17.0 Å². The second kappa shape index (κ2) is 4.02. The minimum absolute atomic E-state index is 0.0481. The van der Waals surface area contributed by atoms with E-state index in [1.54, 1.807) is 0 Å². The Labute approximate surface area is 88.6 Å². The maximum absolute atomic E-state index is 11.9. The Bertz CT molecular complexity index is 472. The minimum Gasteiger partial charge on any atom is -0.439 e. The molecule has 0 fully saturated rings. The highest BCUT2D eigenvalue weighted by molar-refractivity contribution is 6.16. The molecule has 0 atom stereocenters. The monoisotopic (exact) mass is 233 g/mol. The summed E-state index contributed by atoms with van der Waals surface area (Å²) in [6, 6.07) is 4.27. The first-order valence-corrected chi connectivity index (χ1v) is 4.63. The molecule has 6 heteroatoms. The van der Waals surface area contributed by atoms with E-state index in [1.807, 2.05) is 0 Å². The molecule has 1 aromatic heterocycles. The molecular formula is C9H6ClF2NO2. The lowest BCUT2D eigenvalue weighted by molar-refractivity contribution is -0.0497. The molecule has 0 aliphatic rings. The largest absolute Gasteiger partial charge is 0.439 e. The summed E-state index contributed by atoms with van der Waals surface area (Å²) < 4.78 is 33.2. The van der Waals surface area contributed by atoms with Gasteiger partial charge in [-0.05, 0) is 12.1 Å². The van der Waals surface area contributed by atoms with Crippen LogP contribution in [-0.2, 0) is 5.88 Å². The third-order valence-corrected chi connectivity index (χ3v) is 1.97. The summed E-state index contributed by atoms with van der Waals surface area (Å²) in [6.07, 6.45) is 0. The van der Waals surface area contributed by atoms with Crippen molar-refractivity contribution in [3.05, 3.63) is 24.1 Å². The van der Waals surface area contributed by atoms with Crippen LogP contribution in [0.4, 0.5) is 8.78 Å². The predicted octanol–water partition coefficient (Wildman–Crippen LogP) is 3.17. The fourth-order valence-corrected chi connectivity index (χ4v) is 1.30. The number of hydrogen-bond acceptors (Lipinski definition) is 3. The van der Waals surface area contributed by atoms with Gasteiger partial charge in [0.25, 0.3) is 0 Å². The number of nitrogens with zero attached hydrogens (tertiary/aromatic N) is 1. The van der Waals surface area contributed by atoms with Crippen molar-refractivity contribution < 1.29 is 17.9 Å². The normalized spacial score (nSPS) is 11.2. The third-order valence-electron chi connectivity index (χ3n) is 1.74. The quantitative estimate of drug-likeness (QED) is 0.764. The Hall–Kier alpha value is -1.36. The van der Waals surface area contributed by atoms with Gasteiger partial charge < -0.3 is 9.15 Å². The van der Waals surface area contributed by atoms with E-state index in [2.05, 4.69) is 9.72 Å². The van der Waals surface area contributed by atoms with Crippen LogP contribution in [0.1, 0.15) is 5.89 Å². The average molecular weight is 234 g/mol. The molecular weight excluding hydrogens is 228 g/mol. The van der Waals surface area contributed by atoms with Gasteiger partial charge in [0, 0.05) is 6.07 Å². The van der Waals surface area contributed by atoms with E-state index in [1.165, 1.54) is 18.2 Å². The van der Waals surface area contributed by atoms with Crippen LogP contribution < -0.4 is 4.74 Å². The molecule has 0 bridgehead atoms. The molecule has 0 radical (unpaired) electrons. The molecule has 0 aliphatic heterocycles. The molecule has 1 aromatic carbocycles. The first-order valence-electron chi connectivity index (χ1n) is 4.09. The van der Waals surface area contributed by atoms with E-state index in [9.17, 15) is 8.78 Å². The number of oxazole rings is 1. The predicted molar refractivity (Wildman–Crippen MR) is 50.2 cm³/mol. The zero-order valence-corrected chi connectivity index (χ0v) is 8.17. The molecule has 0 N–H and O–H groups in total. The summed E-state index contributed by atoms with van der Waals surface area (Å²) >= 11 is 5.52. The molecule has 0 spiro atoms. The van der Waals surface area contributed by atoms with Crippen LogP contribution >= 0.6 is 11.6 Å². The van der Waals surface area contributed by atoms with Gasteiger partial charge in [0.2, 0.25) is 5.89 Å². The fraction of sp³-hybridized carbons (Fsp3) is 0.222. The van der Waals surface area contributed by atoms with Crippen LogP contribution in [0.3, 0.4) is 0 Å². The summed E-state index contributed by atoms with van der Waals surface area (Å²) in [7, 11) is 0. The molecule has 3 nitrogen and oxygen atoms in total. The summed E-state index contributed by atoms with van der Waals surface area (Å²) in [6.45, 7) is -2.85. The van der Waals surface area contributed by atoms with E-state index in [4.69, 9.17) is 16.0 Å². The van der Waals surface area contributed by atoms with Gasteiger partial charge >= 0.3 is 6.61 Å². The fourth-order valence-electron chi connectivity index (χ4n) is 1.19. The Morgan fingerprint density at radius 2 is 2.27 bits per heavy atom. The van der Waals surface area contributed by atoms with Crippen molar-refractivity contribution in [3.8, 4) is 5.75 Å². The Balaban J connectivity index is 2.37. The van der Waals surface area contributed by atoms with Crippen LogP contribution in [-0.4, -0.2) is 11.6 Å². The van der Waals surface area contributed by atoms with E-state index < -0.39 is 6.61 Å². The van der Waals surface area contributed by atoms with Crippen molar-refractivity contribution in [2.24, 2.45) is 0 Å². The Morgan fingerprint density at radius 1 is 1.47 bits per heavy atom. The molecule has 1 heterocycles. The number of alkyl halides is 3. The Morgan fingerprint density at radius 3 is 2.93 bits per heavy atom.